The molecule has 0 unspecified atom stereocenters. The molecule has 0 radical (unpaired) electrons. The maximum absolute atomic E-state index is 13.0. The number of nitrogens with zero attached hydrogens (tertiary/aromatic N) is 1. The third kappa shape index (κ3) is 3.23. The largest absolute Gasteiger partial charge is 0.496 e. The van der Waals surface area contributed by atoms with E-state index in [4.69, 9.17) is 14.7 Å². The molecule has 2 rings (SSSR count). The van der Waals surface area contributed by atoms with Crippen LogP contribution in [0, 0.1) is 17.1 Å². The van der Waals surface area contributed by atoms with E-state index in [-0.39, 0.29) is 12.4 Å². The Labute approximate surface area is 110 Å². The van der Waals surface area contributed by atoms with Gasteiger partial charge in [-0.3, -0.25) is 0 Å². The highest BCUT2D eigenvalue weighted by Crippen LogP contribution is 2.22. The number of nitriles is 1. The summed E-state index contributed by atoms with van der Waals surface area (Å²) in [5.41, 5.74) is 1.27. The van der Waals surface area contributed by atoms with Crippen LogP contribution in [0.25, 0.3) is 0 Å². The fraction of sp³-hybridized carbons (Fsp3) is 0.133. The third-order valence-corrected chi connectivity index (χ3v) is 2.60. The molecule has 2 aromatic carbocycles. The van der Waals surface area contributed by atoms with Gasteiger partial charge in [0.2, 0.25) is 0 Å². The molecule has 96 valence electrons. The van der Waals surface area contributed by atoms with E-state index in [0.717, 1.165) is 5.56 Å². The van der Waals surface area contributed by atoms with E-state index in [9.17, 15) is 4.39 Å². The van der Waals surface area contributed by atoms with E-state index >= 15 is 0 Å². The molecule has 2 aromatic rings. The summed E-state index contributed by atoms with van der Waals surface area (Å²) in [7, 11) is 1.55. The first-order chi connectivity index (χ1) is 9.22. The molecule has 0 N–H and O–H groups in total. The van der Waals surface area contributed by atoms with Crippen LogP contribution in [0.2, 0.25) is 0 Å². The highest BCUT2D eigenvalue weighted by Gasteiger charge is 2.06. The first-order valence-electron chi connectivity index (χ1n) is 5.68. The first-order valence-corrected chi connectivity index (χ1v) is 5.68. The lowest BCUT2D eigenvalue weighted by Crippen LogP contribution is -1.99. The molecule has 0 aliphatic carbocycles. The fourth-order valence-electron chi connectivity index (χ4n) is 1.68. The number of hydrogen-bond donors (Lipinski definition) is 0. The molecule has 3 nitrogen and oxygen atoms in total. The van der Waals surface area contributed by atoms with Gasteiger partial charge in [-0.15, -0.1) is 0 Å². The molecule has 19 heavy (non-hydrogen) atoms. The summed E-state index contributed by atoms with van der Waals surface area (Å²) >= 11 is 0. The third-order valence-electron chi connectivity index (χ3n) is 2.60. The van der Waals surface area contributed by atoms with Crippen molar-refractivity contribution in [2.75, 3.05) is 7.11 Å². The summed E-state index contributed by atoms with van der Waals surface area (Å²) in [6, 6.07) is 13.0. The van der Waals surface area contributed by atoms with Crippen molar-refractivity contribution in [1.29, 1.82) is 5.26 Å². The smallest absolute Gasteiger partial charge is 0.126 e. The molecule has 0 amide bonds. The number of rotatable bonds is 4. The van der Waals surface area contributed by atoms with Crippen molar-refractivity contribution < 1.29 is 13.9 Å². The molecule has 0 saturated heterocycles. The van der Waals surface area contributed by atoms with Crippen molar-refractivity contribution in [1.82, 2.24) is 0 Å². The monoisotopic (exact) mass is 257 g/mol. The molecule has 0 spiro atoms. The average molecular weight is 257 g/mol. The Balaban J connectivity index is 2.16. The first kappa shape index (κ1) is 12.9. The predicted molar refractivity (Wildman–Crippen MR) is 68.4 cm³/mol. The Morgan fingerprint density at radius 1 is 1.21 bits per heavy atom. The molecule has 0 fully saturated rings. The average Bonchev–Trinajstić information content (AvgIpc) is 2.45. The van der Waals surface area contributed by atoms with E-state index in [1.807, 2.05) is 0 Å². The van der Waals surface area contributed by atoms with Gasteiger partial charge in [-0.05, 0) is 30.3 Å². The van der Waals surface area contributed by atoms with E-state index in [2.05, 4.69) is 6.07 Å². The summed E-state index contributed by atoms with van der Waals surface area (Å²) in [4.78, 5) is 0. The standard InChI is InChI=1S/C15H12FNO2/c1-18-15-6-5-11(9-17)7-12(15)10-19-14-4-2-3-13(16)8-14/h2-8H,10H2,1H3. The fourth-order valence-corrected chi connectivity index (χ4v) is 1.68. The minimum absolute atomic E-state index is 0.210. The zero-order valence-electron chi connectivity index (χ0n) is 10.4. The molecular formula is C15H12FNO2. The lowest BCUT2D eigenvalue weighted by molar-refractivity contribution is 0.295. The lowest BCUT2D eigenvalue weighted by atomic mass is 10.1. The van der Waals surface area contributed by atoms with Crippen molar-refractivity contribution in [2.24, 2.45) is 0 Å². The van der Waals surface area contributed by atoms with E-state index in [0.29, 0.717) is 17.1 Å². The van der Waals surface area contributed by atoms with Crippen LogP contribution in [0.1, 0.15) is 11.1 Å². The highest BCUT2D eigenvalue weighted by molar-refractivity contribution is 5.42. The minimum atomic E-state index is -0.352. The van der Waals surface area contributed by atoms with Crippen molar-refractivity contribution >= 4 is 0 Å². The van der Waals surface area contributed by atoms with Gasteiger partial charge in [-0.2, -0.15) is 5.26 Å². The Morgan fingerprint density at radius 3 is 2.74 bits per heavy atom. The maximum atomic E-state index is 13.0. The van der Waals surface area contributed by atoms with Crippen LogP contribution in [-0.4, -0.2) is 7.11 Å². The Bertz CT molecular complexity index is 620. The van der Waals surface area contributed by atoms with Gasteiger partial charge in [0.1, 0.15) is 23.9 Å². The molecule has 0 aliphatic rings. The second-order valence-electron chi connectivity index (χ2n) is 3.88. The lowest BCUT2D eigenvalue weighted by Gasteiger charge is -2.10. The summed E-state index contributed by atoms with van der Waals surface area (Å²) in [5.74, 6) is 0.718. The molecule has 0 atom stereocenters. The van der Waals surface area contributed by atoms with Crippen molar-refractivity contribution in [3.05, 3.63) is 59.4 Å². The number of methoxy groups -OCH3 is 1. The van der Waals surface area contributed by atoms with Gasteiger partial charge in [0, 0.05) is 11.6 Å². The van der Waals surface area contributed by atoms with Gasteiger partial charge >= 0.3 is 0 Å². The summed E-state index contributed by atoms with van der Waals surface area (Å²) in [6.07, 6.45) is 0. The molecule has 0 saturated carbocycles. The quantitative estimate of drug-likeness (QED) is 0.844. The van der Waals surface area contributed by atoms with Gasteiger partial charge < -0.3 is 9.47 Å². The van der Waals surface area contributed by atoms with Crippen LogP contribution in [0.4, 0.5) is 4.39 Å². The topological polar surface area (TPSA) is 42.2 Å². The van der Waals surface area contributed by atoms with Crippen LogP contribution >= 0.6 is 0 Å². The van der Waals surface area contributed by atoms with Gasteiger partial charge in [0.15, 0.2) is 0 Å². The Kier molecular flexibility index (Phi) is 3.99. The normalized spacial score (nSPS) is 9.74. The summed E-state index contributed by atoms with van der Waals surface area (Å²) < 4.78 is 23.7. The van der Waals surface area contributed by atoms with Crippen molar-refractivity contribution in [2.45, 2.75) is 6.61 Å². The maximum Gasteiger partial charge on any atom is 0.126 e. The Morgan fingerprint density at radius 2 is 2.05 bits per heavy atom. The van der Waals surface area contributed by atoms with E-state index < -0.39 is 0 Å². The van der Waals surface area contributed by atoms with Gasteiger partial charge in [-0.25, -0.2) is 4.39 Å². The van der Waals surface area contributed by atoms with E-state index in [1.54, 1.807) is 37.4 Å². The Hall–Kier alpha value is -2.54. The number of halogens is 1. The summed E-state index contributed by atoms with van der Waals surface area (Å²) in [5, 5.41) is 8.87. The number of hydrogen-bond acceptors (Lipinski definition) is 3. The zero-order valence-corrected chi connectivity index (χ0v) is 10.4. The van der Waals surface area contributed by atoms with Gasteiger partial charge in [-0.1, -0.05) is 6.07 Å². The second-order valence-corrected chi connectivity index (χ2v) is 3.88. The highest BCUT2D eigenvalue weighted by atomic mass is 19.1. The SMILES string of the molecule is COc1ccc(C#N)cc1COc1cccc(F)c1. The van der Waals surface area contributed by atoms with Crippen molar-refractivity contribution in [3.63, 3.8) is 0 Å². The van der Waals surface area contributed by atoms with Gasteiger partial charge in [0.05, 0.1) is 18.7 Å². The van der Waals surface area contributed by atoms with Crippen LogP contribution in [-0.2, 0) is 6.61 Å². The number of ether oxygens (including phenoxy) is 2. The molecule has 0 aliphatic heterocycles. The molecule has 0 bridgehead atoms. The van der Waals surface area contributed by atoms with Crippen molar-refractivity contribution in [3.8, 4) is 17.6 Å². The molecule has 0 heterocycles. The van der Waals surface area contributed by atoms with Crippen LogP contribution < -0.4 is 9.47 Å². The molecule has 0 aromatic heterocycles. The van der Waals surface area contributed by atoms with Crippen LogP contribution in [0.15, 0.2) is 42.5 Å². The zero-order chi connectivity index (χ0) is 13.7. The van der Waals surface area contributed by atoms with Gasteiger partial charge in [0.25, 0.3) is 0 Å². The number of benzene rings is 2. The second kappa shape index (κ2) is 5.87. The minimum Gasteiger partial charge on any atom is -0.496 e. The predicted octanol–water partition coefficient (Wildman–Crippen LogP) is 3.28. The van der Waals surface area contributed by atoms with Crippen LogP contribution in [0.5, 0.6) is 11.5 Å². The molecular weight excluding hydrogens is 245 g/mol. The summed E-state index contributed by atoms with van der Waals surface area (Å²) in [6.45, 7) is 0.210. The van der Waals surface area contributed by atoms with E-state index in [1.165, 1.54) is 12.1 Å². The van der Waals surface area contributed by atoms with Crippen LogP contribution in [0.3, 0.4) is 0 Å². The molecule has 4 heteroatoms.